The molecule has 1 N–H and O–H groups in total. The highest BCUT2D eigenvalue weighted by molar-refractivity contribution is 9.10. The molecule has 0 saturated carbocycles. The summed E-state index contributed by atoms with van der Waals surface area (Å²) in [6.07, 6.45) is 1.07. The number of benzene rings is 1. The lowest BCUT2D eigenvalue weighted by Gasteiger charge is -2.47. The summed E-state index contributed by atoms with van der Waals surface area (Å²) < 4.78 is 0.996. The summed E-state index contributed by atoms with van der Waals surface area (Å²) in [4.78, 5) is 14.0. The SMILES string of the molecule is CN1c2c(Br)cccc2C(C(=O)O)C2CSCCC21. The van der Waals surface area contributed by atoms with Gasteiger partial charge in [0.25, 0.3) is 0 Å². The van der Waals surface area contributed by atoms with Gasteiger partial charge in [-0.25, -0.2) is 0 Å². The van der Waals surface area contributed by atoms with Crippen LogP contribution in [0.25, 0.3) is 0 Å². The van der Waals surface area contributed by atoms with Crippen LogP contribution in [0.4, 0.5) is 5.69 Å². The fraction of sp³-hybridized carbons (Fsp3) is 0.500. The lowest BCUT2D eigenvalue weighted by atomic mass is 9.76. The van der Waals surface area contributed by atoms with Crippen LogP contribution in [0.5, 0.6) is 0 Å². The molecule has 1 aromatic carbocycles. The van der Waals surface area contributed by atoms with Crippen LogP contribution >= 0.6 is 27.7 Å². The summed E-state index contributed by atoms with van der Waals surface area (Å²) in [5.74, 6) is 1.21. The quantitative estimate of drug-likeness (QED) is 0.851. The maximum Gasteiger partial charge on any atom is 0.311 e. The number of hydrogen-bond acceptors (Lipinski definition) is 3. The second-order valence-corrected chi connectivity index (χ2v) is 7.20. The Balaban J connectivity index is 2.16. The predicted octanol–water partition coefficient (Wildman–Crippen LogP) is 3.19. The van der Waals surface area contributed by atoms with Gasteiger partial charge in [0.2, 0.25) is 0 Å². The van der Waals surface area contributed by atoms with E-state index in [1.807, 2.05) is 30.0 Å². The molecule has 0 spiro atoms. The van der Waals surface area contributed by atoms with Crippen molar-refractivity contribution in [2.45, 2.75) is 18.4 Å². The normalized spacial score (nSPS) is 29.6. The maximum absolute atomic E-state index is 11.7. The fourth-order valence-corrected chi connectivity index (χ4v) is 5.34. The molecule has 1 saturated heterocycles. The van der Waals surface area contributed by atoms with Gasteiger partial charge < -0.3 is 10.0 Å². The molecule has 0 bridgehead atoms. The number of hydrogen-bond donors (Lipinski definition) is 1. The molecule has 0 aliphatic carbocycles. The number of fused-ring (bicyclic) bond motifs is 2. The number of rotatable bonds is 1. The molecule has 19 heavy (non-hydrogen) atoms. The number of carboxylic acids is 1. The third-order valence-corrected chi connectivity index (χ3v) is 6.04. The number of thioether (sulfide) groups is 1. The number of carboxylic acid groups (broad SMARTS) is 1. The Kier molecular flexibility index (Phi) is 3.52. The summed E-state index contributed by atoms with van der Waals surface area (Å²) in [7, 11) is 2.09. The van der Waals surface area contributed by atoms with Gasteiger partial charge in [0.1, 0.15) is 0 Å². The van der Waals surface area contributed by atoms with Crippen molar-refractivity contribution in [2.75, 3.05) is 23.5 Å². The van der Waals surface area contributed by atoms with Crippen LogP contribution in [0.3, 0.4) is 0 Å². The van der Waals surface area contributed by atoms with Crippen molar-refractivity contribution in [1.29, 1.82) is 0 Å². The Labute approximate surface area is 125 Å². The van der Waals surface area contributed by atoms with Crippen molar-refractivity contribution in [3.8, 4) is 0 Å². The number of anilines is 1. The molecule has 3 atom stereocenters. The van der Waals surface area contributed by atoms with Crippen molar-refractivity contribution >= 4 is 39.3 Å². The Bertz CT molecular complexity index is 522. The lowest BCUT2D eigenvalue weighted by molar-refractivity contribution is -0.140. The molecule has 0 aromatic heterocycles. The van der Waals surface area contributed by atoms with E-state index in [0.29, 0.717) is 6.04 Å². The van der Waals surface area contributed by atoms with E-state index in [0.717, 1.165) is 33.7 Å². The zero-order valence-corrected chi connectivity index (χ0v) is 13.1. The van der Waals surface area contributed by atoms with Crippen LogP contribution in [-0.4, -0.2) is 35.7 Å². The molecule has 0 radical (unpaired) electrons. The molecule has 1 fully saturated rings. The molecule has 102 valence electrons. The standard InChI is InChI=1S/C14H16BrNO2S/c1-16-11-5-6-19-7-9(11)12(14(17)18)8-3-2-4-10(15)13(8)16/h2-4,9,11-12H,5-7H2,1H3,(H,17,18). The first-order chi connectivity index (χ1) is 9.11. The van der Waals surface area contributed by atoms with Gasteiger partial charge in [0, 0.05) is 23.5 Å². The molecule has 2 aliphatic heterocycles. The van der Waals surface area contributed by atoms with Gasteiger partial charge in [-0.15, -0.1) is 0 Å². The van der Waals surface area contributed by atoms with E-state index in [4.69, 9.17) is 0 Å². The monoisotopic (exact) mass is 341 g/mol. The van der Waals surface area contributed by atoms with E-state index >= 15 is 0 Å². The summed E-state index contributed by atoms with van der Waals surface area (Å²) in [6.45, 7) is 0. The zero-order valence-electron chi connectivity index (χ0n) is 10.7. The van der Waals surface area contributed by atoms with Crippen molar-refractivity contribution < 1.29 is 9.90 Å². The fourth-order valence-electron chi connectivity index (χ4n) is 3.42. The van der Waals surface area contributed by atoms with Gasteiger partial charge in [-0.05, 0) is 45.5 Å². The van der Waals surface area contributed by atoms with E-state index in [9.17, 15) is 9.90 Å². The maximum atomic E-state index is 11.7. The van der Waals surface area contributed by atoms with Gasteiger partial charge in [0.05, 0.1) is 11.6 Å². The third-order valence-electron chi connectivity index (χ3n) is 4.26. The highest BCUT2D eigenvalue weighted by atomic mass is 79.9. The molecule has 3 nitrogen and oxygen atoms in total. The molecule has 2 heterocycles. The first-order valence-corrected chi connectivity index (χ1v) is 8.38. The topological polar surface area (TPSA) is 40.5 Å². The van der Waals surface area contributed by atoms with E-state index in [-0.39, 0.29) is 11.8 Å². The second-order valence-electron chi connectivity index (χ2n) is 5.20. The highest BCUT2D eigenvalue weighted by Gasteiger charge is 2.45. The minimum absolute atomic E-state index is 0.211. The van der Waals surface area contributed by atoms with Crippen LogP contribution in [0.15, 0.2) is 22.7 Å². The van der Waals surface area contributed by atoms with Crippen LogP contribution in [0, 0.1) is 5.92 Å². The Morgan fingerprint density at radius 2 is 2.32 bits per heavy atom. The average Bonchev–Trinajstić information content (AvgIpc) is 2.38. The van der Waals surface area contributed by atoms with Gasteiger partial charge in [0.15, 0.2) is 0 Å². The number of nitrogens with zero attached hydrogens (tertiary/aromatic N) is 1. The van der Waals surface area contributed by atoms with Gasteiger partial charge in [-0.3, -0.25) is 4.79 Å². The van der Waals surface area contributed by atoms with E-state index in [1.54, 1.807) is 0 Å². The van der Waals surface area contributed by atoms with Crippen LogP contribution < -0.4 is 4.90 Å². The van der Waals surface area contributed by atoms with Crippen molar-refractivity contribution in [3.63, 3.8) is 0 Å². The zero-order chi connectivity index (χ0) is 13.6. The molecule has 2 aliphatic rings. The number of aliphatic carboxylic acids is 1. The molecule has 5 heteroatoms. The summed E-state index contributed by atoms with van der Waals surface area (Å²) in [5, 5.41) is 9.66. The average molecular weight is 342 g/mol. The van der Waals surface area contributed by atoms with Crippen molar-refractivity contribution in [3.05, 3.63) is 28.2 Å². The van der Waals surface area contributed by atoms with Crippen LogP contribution in [0.2, 0.25) is 0 Å². The van der Waals surface area contributed by atoms with E-state index < -0.39 is 5.97 Å². The van der Waals surface area contributed by atoms with E-state index in [2.05, 4.69) is 27.9 Å². The van der Waals surface area contributed by atoms with Gasteiger partial charge in [-0.1, -0.05) is 12.1 Å². The molecule has 3 unspecified atom stereocenters. The summed E-state index contributed by atoms with van der Waals surface area (Å²) >= 11 is 5.46. The summed E-state index contributed by atoms with van der Waals surface area (Å²) in [6, 6.07) is 6.23. The number of para-hydroxylation sites is 1. The van der Waals surface area contributed by atoms with Gasteiger partial charge in [-0.2, -0.15) is 11.8 Å². The third kappa shape index (κ3) is 2.07. The smallest absolute Gasteiger partial charge is 0.311 e. The minimum atomic E-state index is -0.690. The largest absolute Gasteiger partial charge is 0.481 e. The summed E-state index contributed by atoms with van der Waals surface area (Å²) in [5.41, 5.74) is 2.01. The lowest BCUT2D eigenvalue weighted by Crippen LogP contribution is -2.50. The Morgan fingerprint density at radius 1 is 1.53 bits per heavy atom. The predicted molar refractivity (Wildman–Crippen MR) is 82.1 cm³/mol. The van der Waals surface area contributed by atoms with Crippen LogP contribution in [-0.2, 0) is 4.79 Å². The molecular weight excluding hydrogens is 326 g/mol. The number of halogens is 1. The number of carbonyl (C=O) groups is 1. The van der Waals surface area contributed by atoms with Crippen molar-refractivity contribution in [2.24, 2.45) is 5.92 Å². The highest BCUT2D eigenvalue weighted by Crippen LogP contribution is 2.48. The Hall–Kier alpha value is -0.680. The second kappa shape index (κ2) is 5.02. The Morgan fingerprint density at radius 3 is 3.05 bits per heavy atom. The minimum Gasteiger partial charge on any atom is -0.481 e. The molecule has 3 rings (SSSR count). The molecule has 1 aromatic rings. The molecular formula is C14H16BrNO2S. The van der Waals surface area contributed by atoms with E-state index in [1.165, 1.54) is 0 Å². The first-order valence-electron chi connectivity index (χ1n) is 6.43. The van der Waals surface area contributed by atoms with Gasteiger partial charge >= 0.3 is 5.97 Å². The van der Waals surface area contributed by atoms with Crippen molar-refractivity contribution in [1.82, 2.24) is 0 Å². The first kappa shape index (κ1) is 13.3. The van der Waals surface area contributed by atoms with Crippen LogP contribution in [0.1, 0.15) is 17.9 Å². The molecule has 0 amide bonds.